The van der Waals surface area contributed by atoms with Gasteiger partial charge in [-0.1, -0.05) is 309 Å². The van der Waals surface area contributed by atoms with Crippen LogP contribution in [0.5, 0.6) is 0 Å². The van der Waals surface area contributed by atoms with Gasteiger partial charge in [0, 0.05) is 12.8 Å². The molecule has 0 aromatic rings. The van der Waals surface area contributed by atoms with Crippen molar-refractivity contribution in [3.05, 3.63) is 12.2 Å². The number of unbranched alkanes of at least 4 members (excludes halogenated alkanes) is 47. The SMILES string of the molecule is CCCCCCCCCCCCCCC(=O)OCCCCCCCCCCCCCC/C=C\CCCCCCCCCCCCCCCCCCC(=O)NC(CO)C(O)CCCCCCCCCCC. The lowest BCUT2D eigenvalue weighted by molar-refractivity contribution is -0.143. The average molecular weight is 989 g/mol. The van der Waals surface area contributed by atoms with Gasteiger partial charge in [-0.25, -0.2) is 0 Å². The van der Waals surface area contributed by atoms with Gasteiger partial charge >= 0.3 is 5.97 Å². The minimum Gasteiger partial charge on any atom is -0.466 e. The summed E-state index contributed by atoms with van der Waals surface area (Å²) in [6.07, 6.45) is 72.6. The van der Waals surface area contributed by atoms with E-state index in [4.69, 9.17) is 4.74 Å². The molecule has 0 aromatic carbocycles. The highest BCUT2D eigenvalue weighted by atomic mass is 16.5. The zero-order valence-corrected chi connectivity index (χ0v) is 47.5. The van der Waals surface area contributed by atoms with Gasteiger partial charge in [-0.3, -0.25) is 9.59 Å². The molecule has 6 nitrogen and oxygen atoms in total. The molecule has 0 spiro atoms. The summed E-state index contributed by atoms with van der Waals surface area (Å²) < 4.78 is 5.48. The van der Waals surface area contributed by atoms with Gasteiger partial charge in [0.2, 0.25) is 5.91 Å². The van der Waals surface area contributed by atoms with Crippen LogP contribution >= 0.6 is 0 Å². The van der Waals surface area contributed by atoms with Gasteiger partial charge in [0.15, 0.2) is 0 Å². The smallest absolute Gasteiger partial charge is 0.305 e. The van der Waals surface area contributed by atoms with Crippen molar-refractivity contribution in [1.82, 2.24) is 5.32 Å². The fourth-order valence-corrected chi connectivity index (χ4v) is 10.2. The van der Waals surface area contributed by atoms with Crippen molar-refractivity contribution in [2.45, 2.75) is 373 Å². The molecule has 1 amide bonds. The molecule has 0 aromatic heterocycles. The molecule has 0 aliphatic carbocycles. The first-order chi connectivity index (χ1) is 34.5. The van der Waals surface area contributed by atoms with Crippen LogP contribution in [0.2, 0.25) is 0 Å². The standard InChI is InChI=1S/C64H125NO5/c1-3-5-7-9-11-13-14-38-42-46-50-54-58-64(69)70-59-55-51-47-43-39-36-34-32-30-28-26-24-22-20-18-16-15-17-19-21-23-25-27-29-31-33-35-37-41-45-49-53-57-63(68)65-61(60-66)62(67)56-52-48-44-40-12-10-8-6-4-2/h18,20,61-62,66-67H,3-17,19,21-60H2,1-2H3,(H,65,68)/b20-18-. The lowest BCUT2D eigenvalue weighted by Gasteiger charge is -2.22. The van der Waals surface area contributed by atoms with E-state index in [0.29, 0.717) is 25.9 Å². The predicted octanol–water partition coefficient (Wildman–Crippen LogP) is 20.0. The molecule has 0 fully saturated rings. The van der Waals surface area contributed by atoms with E-state index < -0.39 is 12.1 Å². The van der Waals surface area contributed by atoms with E-state index in [1.165, 1.54) is 289 Å². The first kappa shape index (κ1) is 68.6. The molecule has 0 aliphatic rings. The Balaban J connectivity index is 3.31. The van der Waals surface area contributed by atoms with Gasteiger partial charge in [0.05, 0.1) is 25.4 Å². The number of hydrogen-bond acceptors (Lipinski definition) is 5. The quantitative estimate of drug-likeness (QED) is 0.0321. The Morgan fingerprint density at radius 3 is 1.01 bits per heavy atom. The number of esters is 1. The van der Waals surface area contributed by atoms with Crippen LogP contribution < -0.4 is 5.32 Å². The van der Waals surface area contributed by atoms with Crippen LogP contribution in [-0.2, 0) is 14.3 Å². The largest absolute Gasteiger partial charge is 0.466 e. The summed E-state index contributed by atoms with van der Waals surface area (Å²) >= 11 is 0. The average Bonchev–Trinajstić information content (AvgIpc) is 3.36. The van der Waals surface area contributed by atoms with Crippen molar-refractivity contribution >= 4 is 11.9 Å². The lowest BCUT2D eigenvalue weighted by Crippen LogP contribution is -2.45. The zero-order chi connectivity index (χ0) is 50.7. The van der Waals surface area contributed by atoms with Crippen LogP contribution in [0.4, 0.5) is 0 Å². The predicted molar refractivity (Wildman–Crippen MR) is 306 cm³/mol. The number of aliphatic hydroxyl groups excluding tert-OH is 2. The first-order valence-corrected chi connectivity index (χ1v) is 31.9. The molecule has 0 radical (unpaired) electrons. The molecule has 0 aliphatic heterocycles. The topological polar surface area (TPSA) is 95.9 Å². The number of nitrogens with one attached hydrogen (secondary N) is 1. The molecule has 0 saturated heterocycles. The highest BCUT2D eigenvalue weighted by Gasteiger charge is 2.20. The number of ether oxygens (including phenoxy) is 1. The minimum atomic E-state index is -0.659. The van der Waals surface area contributed by atoms with Gasteiger partial charge in [0.25, 0.3) is 0 Å². The van der Waals surface area contributed by atoms with E-state index in [1.54, 1.807) is 0 Å². The fraction of sp³-hybridized carbons (Fsp3) is 0.938. The van der Waals surface area contributed by atoms with Crippen LogP contribution in [0.15, 0.2) is 12.2 Å². The summed E-state index contributed by atoms with van der Waals surface area (Å²) in [7, 11) is 0. The molecule has 2 atom stereocenters. The third-order valence-corrected chi connectivity index (χ3v) is 15.1. The van der Waals surface area contributed by atoms with E-state index in [9.17, 15) is 19.8 Å². The van der Waals surface area contributed by atoms with E-state index in [-0.39, 0.29) is 18.5 Å². The van der Waals surface area contributed by atoms with Crippen LogP contribution in [-0.4, -0.2) is 47.4 Å². The van der Waals surface area contributed by atoms with Crippen LogP contribution in [0.3, 0.4) is 0 Å². The molecular formula is C64H125NO5. The maximum absolute atomic E-state index is 12.4. The highest BCUT2D eigenvalue weighted by molar-refractivity contribution is 5.76. The number of carbonyl (C=O) groups is 2. The molecule has 0 heterocycles. The summed E-state index contributed by atoms with van der Waals surface area (Å²) in [5.74, 6) is -0.0139. The Labute approximate surface area is 438 Å². The molecule has 3 N–H and O–H groups in total. The second-order valence-electron chi connectivity index (χ2n) is 22.1. The monoisotopic (exact) mass is 988 g/mol. The van der Waals surface area contributed by atoms with Crippen LogP contribution in [0.25, 0.3) is 0 Å². The van der Waals surface area contributed by atoms with E-state index in [1.807, 2.05) is 0 Å². The highest BCUT2D eigenvalue weighted by Crippen LogP contribution is 2.18. The molecule has 2 unspecified atom stereocenters. The molecule has 0 rings (SSSR count). The van der Waals surface area contributed by atoms with Crippen molar-refractivity contribution in [1.29, 1.82) is 0 Å². The number of hydrogen-bond donors (Lipinski definition) is 3. The Morgan fingerprint density at radius 2 is 0.671 bits per heavy atom. The van der Waals surface area contributed by atoms with Crippen molar-refractivity contribution in [2.75, 3.05) is 13.2 Å². The van der Waals surface area contributed by atoms with Crippen molar-refractivity contribution < 1.29 is 24.5 Å². The molecule has 70 heavy (non-hydrogen) atoms. The number of amides is 1. The van der Waals surface area contributed by atoms with E-state index in [2.05, 4.69) is 31.3 Å². The van der Waals surface area contributed by atoms with Gasteiger partial charge in [-0.05, 0) is 51.4 Å². The van der Waals surface area contributed by atoms with Crippen LogP contribution in [0, 0.1) is 0 Å². The summed E-state index contributed by atoms with van der Waals surface area (Å²) in [6, 6.07) is -0.536. The summed E-state index contributed by atoms with van der Waals surface area (Å²) in [4.78, 5) is 24.4. The molecular weight excluding hydrogens is 863 g/mol. The normalized spacial score (nSPS) is 12.6. The van der Waals surface area contributed by atoms with E-state index >= 15 is 0 Å². The molecule has 416 valence electrons. The molecule has 0 bridgehead atoms. The van der Waals surface area contributed by atoms with Crippen molar-refractivity contribution in [3.63, 3.8) is 0 Å². The summed E-state index contributed by atoms with van der Waals surface area (Å²) in [5, 5.41) is 23.1. The zero-order valence-electron chi connectivity index (χ0n) is 47.5. The number of rotatable bonds is 60. The summed E-state index contributed by atoms with van der Waals surface area (Å²) in [6.45, 7) is 4.95. The maximum Gasteiger partial charge on any atom is 0.305 e. The second kappa shape index (κ2) is 60.2. The van der Waals surface area contributed by atoms with Crippen molar-refractivity contribution in [2.24, 2.45) is 0 Å². The second-order valence-corrected chi connectivity index (χ2v) is 22.1. The third kappa shape index (κ3) is 55.9. The molecule has 6 heteroatoms. The molecule has 0 saturated carbocycles. The Kier molecular flexibility index (Phi) is 59.0. The minimum absolute atomic E-state index is 0.0193. The number of allylic oxidation sites excluding steroid dienone is 2. The number of carbonyl (C=O) groups excluding carboxylic acids is 2. The Bertz CT molecular complexity index is 1050. The summed E-state index contributed by atoms with van der Waals surface area (Å²) in [5.41, 5.74) is 0. The maximum atomic E-state index is 12.4. The lowest BCUT2D eigenvalue weighted by atomic mass is 10.0. The Morgan fingerprint density at radius 1 is 0.386 bits per heavy atom. The van der Waals surface area contributed by atoms with Gasteiger partial charge in [-0.2, -0.15) is 0 Å². The first-order valence-electron chi connectivity index (χ1n) is 31.9. The van der Waals surface area contributed by atoms with Crippen molar-refractivity contribution in [3.8, 4) is 0 Å². The Hall–Kier alpha value is -1.40. The van der Waals surface area contributed by atoms with Gasteiger partial charge < -0.3 is 20.3 Å². The van der Waals surface area contributed by atoms with Gasteiger partial charge in [-0.15, -0.1) is 0 Å². The van der Waals surface area contributed by atoms with Gasteiger partial charge in [0.1, 0.15) is 0 Å². The number of aliphatic hydroxyl groups is 2. The van der Waals surface area contributed by atoms with Crippen LogP contribution in [0.1, 0.15) is 361 Å². The fourth-order valence-electron chi connectivity index (χ4n) is 10.2. The van der Waals surface area contributed by atoms with E-state index in [0.717, 1.165) is 38.5 Å². The third-order valence-electron chi connectivity index (χ3n) is 15.1.